The number of Topliss-reactive ketones (excluding diaryl/α,β-unsaturated/α-hetero) is 1. The molecule has 2 nitrogen and oxygen atoms in total. The average Bonchev–Trinajstić information content (AvgIpc) is 2.57. The Morgan fingerprint density at radius 1 is 1.00 bits per heavy atom. The molecule has 2 aromatic carbocycles. The normalized spacial score (nSPS) is 21.1. The Labute approximate surface area is 125 Å². The second-order valence-electron chi connectivity index (χ2n) is 5.25. The van der Waals surface area contributed by atoms with Crippen molar-refractivity contribution in [3.05, 3.63) is 83.9 Å². The second-order valence-corrected chi connectivity index (χ2v) is 5.25. The van der Waals surface area contributed by atoms with Gasteiger partial charge in [0, 0.05) is 12.0 Å². The molecule has 0 fully saturated rings. The number of benzene rings is 2. The molecule has 0 spiro atoms. The number of ketones is 1. The van der Waals surface area contributed by atoms with Crippen LogP contribution in [0.4, 0.5) is 0 Å². The van der Waals surface area contributed by atoms with E-state index in [2.05, 4.69) is 24.3 Å². The number of hydrogen-bond donors (Lipinski definition) is 0. The molecule has 21 heavy (non-hydrogen) atoms. The molecule has 0 N–H and O–H groups in total. The van der Waals surface area contributed by atoms with E-state index in [1.807, 2.05) is 48.5 Å². The van der Waals surface area contributed by atoms with Crippen LogP contribution in [0.15, 0.2) is 72.8 Å². The van der Waals surface area contributed by atoms with Crippen molar-refractivity contribution in [2.45, 2.75) is 25.0 Å². The molecule has 0 aromatic heterocycles. The summed E-state index contributed by atoms with van der Waals surface area (Å²) >= 11 is 0. The minimum Gasteiger partial charge on any atom is -0.365 e. The lowest BCUT2D eigenvalue weighted by Crippen LogP contribution is -2.22. The van der Waals surface area contributed by atoms with Gasteiger partial charge < -0.3 is 4.74 Å². The van der Waals surface area contributed by atoms with Crippen molar-refractivity contribution in [1.82, 2.24) is 0 Å². The zero-order valence-corrected chi connectivity index (χ0v) is 11.8. The van der Waals surface area contributed by atoms with Gasteiger partial charge in [0.05, 0.1) is 6.10 Å². The molecule has 2 atom stereocenters. The molecule has 0 aliphatic carbocycles. The lowest BCUT2D eigenvalue weighted by Gasteiger charge is -2.26. The Morgan fingerprint density at radius 2 is 1.67 bits per heavy atom. The van der Waals surface area contributed by atoms with Crippen LogP contribution in [0.2, 0.25) is 0 Å². The molecule has 0 unspecified atom stereocenters. The quantitative estimate of drug-likeness (QED) is 0.614. The summed E-state index contributed by atoms with van der Waals surface area (Å²) in [5.41, 5.74) is 1.89. The van der Waals surface area contributed by atoms with Gasteiger partial charge in [-0.05, 0) is 12.0 Å². The standard InChI is InChI=1S/C19H18O2/c20-18(15-8-3-1-4-9-15)14-17-12-7-13-19(21-17)16-10-5-2-6-11-16/h1-11,13,17,19H,12,14H2/t17-,19+/m1/s1. The van der Waals surface area contributed by atoms with Gasteiger partial charge in [-0.2, -0.15) is 0 Å². The third kappa shape index (κ3) is 3.47. The molecule has 0 saturated carbocycles. The molecule has 0 bridgehead atoms. The zero-order valence-electron chi connectivity index (χ0n) is 11.8. The Morgan fingerprint density at radius 3 is 2.38 bits per heavy atom. The van der Waals surface area contributed by atoms with E-state index >= 15 is 0 Å². The van der Waals surface area contributed by atoms with Crippen molar-refractivity contribution in [3.63, 3.8) is 0 Å². The van der Waals surface area contributed by atoms with Crippen molar-refractivity contribution in [2.24, 2.45) is 0 Å². The van der Waals surface area contributed by atoms with Crippen LogP contribution in [0.5, 0.6) is 0 Å². The van der Waals surface area contributed by atoms with Gasteiger partial charge in [-0.3, -0.25) is 4.79 Å². The zero-order chi connectivity index (χ0) is 14.5. The molecular formula is C19H18O2. The molecular weight excluding hydrogens is 260 g/mol. The number of hydrogen-bond acceptors (Lipinski definition) is 2. The smallest absolute Gasteiger partial charge is 0.165 e. The van der Waals surface area contributed by atoms with Crippen LogP contribution in [0.1, 0.15) is 34.9 Å². The van der Waals surface area contributed by atoms with E-state index in [1.54, 1.807) is 0 Å². The van der Waals surface area contributed by atoms with Crippen molar-refractivity contribution >= 4 is 5.78 Å². The maximum Gasteiger partial charge on any atom is 0.165 e. The largest absolute Gasteiger partial charge is 0.365 e. The molecule has 2 heteroatoms. The summed E-state index contributed by atoms with van der Waals surface area (Å²) in [6.45, 7) is 0. The van der Waals surface area contributed by atoms with Crippen LogP contribution >= 0.6 is 0 Å². The van der Waals surface area contributed by atoms with Crippen LogP contribution in [-0.2, 0) is 4.74 Å². The summed E-state index contributed by atoms with van der Waals surface area (Å²) in [5.74, 6) is 0.141. The highest BCUT2D eigenvalue weighted by atomic mass is 16.5. The highest BCUT2D eigenvalue weighted by Crippen LogP contribution is 2.27. The first-order valence-corrected chi connectivity index (χ1v) is 7.28. The van der Waals surface area contributed by atoms with Crippen LogP contribution in [0, 0.1) is 0 Å². The minimum atomic E-state index is -0.0482. The van der Waals surface area contributed by atoms with Crippen molar-refractivity contribution in [1.29, 1.82) is 0 Å². The Kier molecular flexibility index (Phi) is 4.27. The fraction of sp³-hybridized carbons (Fsp3) is 0.211. The first-order valence-electron chi connectivity index (χ1n) is 7.28. The van der Waals surface area contributed by atoms with Crippen LogP contribution in [0.25, 0.3) is 0 Å². The van der Waals surface area contributed by atoms with E-state index in [9.17, 15) is 4.79 Å². The molecule has 3 rings (SSSR count). The molecule has 1 heterocycles. The Hall–Kier alpha value is -2.19. The molecule has 2 aromatic rings. The van der Waals surface area contributed by atoms with E-state index < -0.39 is 0 Å². The third-order valence-corrected chi connectivity index (χ3v) is 3.69. The van der Waals surface area contributed by atoms with E-state index in [4.69, 9.17) is 4.74 Å². The first kappa shape index (κ1) is 13.8. The van der Waals surface area contributed by atoms with Crippen LogP contribution in [-0.4, -0.2) is 11.9 Å². The Balaban J connectivity index is 1.66. The Bertz CT molecular complexity index is 617. The van der Waals surface area contributed by atoms with E-state index in [0.29, 0.717) is 6.42 Å². The number of carbonyl (C=O) groups is 1. The SMILES string of the molecule is O=C(C[C@H]1CC=C[C@@H](c2ccccc2)O1)c1ccccc1. The summed E-state index contributed by atoms with van der Waals surface area (Å²) in [4.78, 5) is 12.3. The molecule has 106 valence electrons. The van der Waals surface area contributed by atoms with Gasteiger partial charge in [0.15, 0.2) is 5.78 Å². The van der Waals surface area contributed by atoms with Gasteiger partial charge in [0.25, 0.3) is 0 Å². The van der Waals surface area contributed by atoms with Crippen LogP contribution < -0.4 is 0 Å². The monoisotopic (exact) mass is 278 g/mol. The number of carbonyl (C=O) groups excluding carboxylic acids is 1. The van der Waals surface area contributed by atoms with Crippen molar-refractivity contribution in [3.8, 4) is 0 Å². The second kappa shape index (κ2) is 6.51. The summed E-state index contributed by atoms with van der Waals surface area (Å²) in [6.07, 6.45) is 5.31. The highest BCUT2D eigenvalue weighted by molar-refractivity contribution is 5.96. The van der Waals surface area contributed by atoms with Gasteiger partial charge >= 0.3 is 0 Å². The van der Waals surface area contributed by atoms with Crippen LogP contribution in [0.3, 0.4) is 0 Å². The number of ether oxygens (including phenoxy) is 1. The molecule has 1 aliphatic heterocycles. The maximum atomic E-state index is 12.3. The predicted molar refractivity (Wildman–Crippen MR) is 83.2 cm³/mol. The fourth-order valence-electron chi connectivity index (χ4n) is 2.57. The topological polar surface area (TPSA) is 26.3 Å². The lowest BCUT2D eigenvalue weighted by molar-refractivity contribution is 0.00284. The fourth-order valence-corrected chi connectivity index (χ4v) is 2.57. The molecule has 0 saturated heterocycles. The van der Waals surface area contributed by atoms with Gasteiger partial charge in [0.2, 0.25) is 0 Å². The van der Waals surface area contributed by atoms with Gasteiger partial charge in [-0.15, -0.1) is 0 Å². The predicted octanol–water partition coefficient (Wildman–Crippen LogP) is 4.35. The summed E-state index contributed by atoms with van der Waals surface area (Å²) in [6, 6.07) is 19.5. The average molecular weight is 278 g/mol. The minimum absolute atomic E-state index is 0.0477. The van der Waals surface area contributed by atoms with Crippen molar-refractivity contribution in [2.75, 3.05) is 0 Å². The van der Waals surface area contributed by atoms with Gasteiger partial charge in [-0.25, -0.2) is 0 Å². The first-order chi connectivity index (χ1) is 10.3. The summed E-state index contributed by atoms with van der Waals surface area (Å²) in [7, 11) is 0. The molecule has 0 radical (unpaired) electrons. The maximum absolute atomic E-state index is 12.3. The molecule has 0 amide bonds. The lowest BCUT2D eigenvalue weighted by atomic mass is 9.99. The highest BCUT2D eigenvalue weighted by Gasteiger charge is 2.22. The summed E-state index contributed by atoms with van der Waals surface area (Å²) in [5, 5.41) is 0. The molecule has 1 aliphatic rings. The summed E-state index contributed by atoms with van der Waals surface area (Å²) < 4.78 is 6.06. The van der Waals surface area contributed by atoms with E-state index in [1.165, 1.54) is 0 Å². The van der Waals surface area contributed by atoms with Gasteiger partial charge in [0.1, 0.15) is 6.10 Å². The van der Waals surface area contributed by atoms with Gasteiger partial charge in [-0.1, -0.05) is 72.8 Å². The third-order valence-electron chi connectivity index (χ3n) is 3.69. The van der Waals surface area contributed by atoms with Crippen molar-refractivity contribution < 1.29 is 9.53 Å². The van der Waals surface area contributed by atoms with E-state index in [-0.39, 0.29) is 18.0 Å². The number of rotatable bonds is 4. The van der Waals surface area contributed by atoms with E-state index in [0.717, 1.165) is 17.5 Å².